The summed E-state index contributed by atoms with van der Waals surface area (Å²) in [6.45, 7) is 1.86. The number of rotatable bonds is 6. The number of aryl methyl sites for hydroxylation is 1. The lowest BCUT2D eigenvalue weighted by molar-refractivity contribution is -0.124. The van der Waals surface area contributed by atoms with Crippen molar-refractivity contribution in [2.45, 2.75) is 13.5 Å². The van der Waals surface area contributed by atoms with E-state index >= 15 is 0 Å². The molecule has 0 fully saturated rings. The van der Waals surface area contributed by atoms with Gasteiger partial charge in [-0.15, -0.1) is 22.7 Å². The number of hydrogen-bond donors (Lipinski definition) is 1. The molecule has 3 aromatic heterocycles. The van der Waals surface area contributed by atoms with Crippen molar-refractivity contribution in [2.75, 3.05) is 6.61 Å². The van der Waals surface area contributed by atoms with Crippen LogP contribution in [0.15, 0.2) is 40.3 Å². The lowest BCUT2D eigenvalue weighted by atomic mass is 10.4. The van der Waals surface area contributed by atoms with Crippen LogP contribution in [0, 0.1) is 6.92 Å². The molecule has 124 valence electrons. The Hall–Kier alpha value is -2.45. The average molecular weight is 362 g/mol. The van der Waals surface area contributed by atoms with Crippen molar-refractivity contribution in [1.29, 1.82) is 0 Å². The third kappa shape index (κ3) is 3.90. The fourth-order valence-corrected chi connectivity index (χ4v) is 3.45. The Labute approximate surface area is 146 Å². The molecule has 0 aliphatic heterocycles. The number of furan rings is 1. The van der Waals surface area contributed by atoms with E-state index in [4.69, 9.17) is 9.15 Å². The van der Waals surface area contributed by atoms with E-state index in [1.54, 1.807) is 36.7 Å². The standard InChI is InChI=1S/C16H14N2O4S2/c1-10-14(18-15(24-10)12-5-2-6-21-12)16(20)22-9-13(19)17-8-11-4-3-7-23-11/h2-7H,8-9H2,1H3,(H,17,19). The van der Waals surface area contributed by atoms with Crippen LogP contribution < -0.4 is 5.32 Å². The largest absolute Gasteiger partial charge is 0.462 e. The van der Waals surface area contributed by atoms with Gasteiger partial charge in [0.05, 0.1) is 12.8 Å². The number of carbonyl (C=O) groups excluding carboxylic acids is 2. The Morgan fingerprint density at radius 1 is 1.33 bits per heavy atom. The molecule has 3 aromatic rings. The predicted octanol–water partition coefficient (Wildman–Crippen LogP) is 3.25. The second-order valence-corrected chi connectivity index (χ2v) is 7.07. The molecule has 0 radical (unpaired) electrons. The number of thiazole rings is 1. The first kappa shape index (κ1) is 16.4. The maximum atomic E-state index is 12.1. The second-order valence-electron chi connectivity index (χ2n) is 4.83. The average Bonchev–Trinajstić information content (AvgIpc) is 3.30. The molecule has 3 heterocycles. The highest BCUT2D eigenvalue weighted by Crippen LogP contribution is 2.28. The Morgan fingerprint density at radius 3 is 2.92 bits per heavy atom. The minimum atomic E-state index is -0.618. The van der Waals surface area contributed by atoms with Gasteiger partial charge in [-0.2, -0.15) is 0 Å². The lowest BCUT2D eigenvalue weighted by Crippen LogP contribution is -2.28. The van der Waals surface area contributed by atoms with Gasteiger partial charge in [0.15, 0.2) is 23.1 Å². The molecule has 0 saturated carbocycles. The smallest absolute Gasteiger partial charge is 0.358 e. The van der Waals surface area contributed by atoms with Crippen LogP contribution in [0.5, 0.6) is 0 Å². The summed E-state index contributed by atoms with van der Waals surface area (Å²) in [5.41, 5.74) is 0.206. The second kappa shape index (κ2) is 7.41. The molecule has 0 aliphatic carbocycles. The third-order valence-electron chi connectivity index (χ3n) is 3.10. The van der Waals surface area contributed by atoms with E-state index in [0.29, 0.717) is 22.2 Å². The van der Waals surface area contributed by atoms with Gasteiger partial charge in [0.25, 0.3) is 5.91 Å². The predicted molar refractivity (Wildman–Crippen MR) is 91.0 cm³/mol. The summed E-state index contributed by atoms with van der Waals surface area (Å²) in [6.07, 6.45) is 1.54. The number of thiophene rings is 1. The van der Waals surface area contributed by atoms with Crippen molar-refractivity contribution in [1.82, 2.24) is 10.3 Å². The van der Waals surface area contributed by atoms with E-state index in [9.17, 15) is 9.59 Å². The molecule has 0 spiro atoms. The van der Waals surface area contributed by atoms with E-state index in [1.165, 1.54) is 11.3 Å². The molecule has 0 bridgehead atoms. The van der Waals surface area contributed by atoms with Crippen LogP contribution in [-0.4, -0.2) is 23.5 Å². The Morgan fingerprint density at radius 2 is 2.21 bits per heavy atom. The summed E-state index contributed by atoms with van der Waals surface area (Å²) in [6, 6.07) is 7.35. The van der Waals surface area contributed by atoms with Gasteiger partial charge in [0.1, 0.15) is 0 Å². The number of esters is 1. The van der Waals surface area contributed by atoms with Crippen LogP contribution in [0.3, 0.4) is 0 Å². The first-order valence-electron chi connectivity index (χ1n) is 7.11. The van der Waals surface area contributed by atoms with Crippen molar-refractivity contribution in [3.8, 4) is 10.8 Å². The van der Waals surface area contributed by atoms with E-state index in [1.807, 2.05) is 17.5 Å². The number of aromatic nitrogens is 1. The SMILES string of the molecule is Cc1sc(-c2ccco2)nc1C(=O)OCC(=O)NCc1cccs1. The van der Waals surface area contributed by atoms with Gasteiger partial charge < -0.3 is 14.5 Å². The first-order valence-corrected chi connectivity index (χ1v) is 8.80. The third-order valence-corrected chi connectivity index (χ3v) is 4.96. The van der Waals surface area contributed by atoms with Gasteiger partial charge in [0.2, 0.25) is 0 Å². The maximum absolute atomic E-state index is 12.1. The summed E-state index contributed by atoms with van der Waals surface area (Å²) in [4.78, 5) is 29.8. The van der Waals surface area contributed by atoms with Crippen molar-refractivity contribution >= 4 is 34.6 Å². The van der Waals surface area contributed by atoms with Gasteiger partial charge in [0, 0.05) is 9.75 Å². The normalized spacial score (nSPS) is 10.5. The summed E-state index contributed by atoms with van der Waals surface area (Å²) < 4.78 is 10.3. The lowest BCUT2D eigenvalue weighted by Gasteiger charge is -2.04. The minimum Gasteiger partial charge on any atom is -0.462 e. The van der Waals surface area contributed by atoms with Gasteiger partial charge in [-0.25, -0.2) is 9.78 Å². The number of nitrogens with zero attached hydrogens (tertiary/aromatic N) is 1. The van der Waals surface area contributed by atoms with Crippen molar-refractivity contribution < 1.29 is 18.7 Å². The van der Waals surface area contributed by atoms with Crippen LogP contribution in [-0.2, 0) is 16.1 Å². The first-order chi connectivity index (χ1) is 11.6. The summed E-state index contributed by atoms with van der Waals surface area (Å²) >= 11 is 2.89. The molecular formula is C16H14N2O4S2. The zero-order valence-electron chi connectivity index (χ0n) is 12.8. The van der Waals surface area contributed by atoms with Gasteiger partial charge in [-0.05, 0) is 30.5 Å². The van der Waals surface area contributed by atoms with Crippen LogP contribution in [0.1, 0.15) is 20.2 Å². The number of amides is 1. The number of carbonyl (C=O) groups is 2. The minimum absolute atomic E-state index is 0.206. The monoisotopic (exact) mass is 362 g/mol. The van der Waals surface area contributed by atoms with Crippen molar-refractivity contribution in [3.63, 3.8) is 0 Å². The molecule has 8 heteroatoms. The summed E-state index contributed by atoms with van der Waals surface area (Å²) in [7, 11) is 0. The Balaban J connectivity index is 1.54. The van der Waals surface area contributed by atoms with Crippen LogP contribution in [0.2, 0.25) is 0 Å². The van der Waals surface area contributed by atoms with Crippen molar-refractivity contribution in [2.24, 2.45) is 0 Å². The van der Waals surface area contributed by atoms with Crippen LogP contribution in [0.25, 0.3) is 10.8 Å². The van der Waals surface area contributed by atoms with Crippen molar-refractivity contribution in [3.05, 3.63) is 51.4 Å². The quantitative estimate of drug-likeness (QED) is 0.681. The van der Waals surface area contributed by atoms with E-state index in [2.05, 4.69) is 10.3 Å². The molecule has 1 N–H and O–H groups in total. The molecule has 0 unspecified atom stereocenters. The van der Waals surface area contributed by atoms with E-state index in [0.717, 1.165) is 4.88 Å². The zero-order valence-corrected chi connectivity index (χ0v) is 14.4. The molecular weight excluding hydrogens is 348 g/mol. The summed E-state index contributed by atoms with van der Waals surface area (Å²) in [5, 5.41) is 5.23. The topological polar surface area (TPSA) is 81.4 Å². The van der Waals surface area contributed by atoms with E-state index < -0.39 is 5.97 Å². The molecule has 0 aliphatic rings. The number of nitrogens with one attached hydrogen (secondary N) is 1. The molecule has 1 amide bonds. The zero-order chi connectivity index (χ0) is 16.9. The maximum Gasteiger partial charge on any atom is 0.358 e. The van der Waals surface area contributed by atoms with Gasteiger partial charge in [-0.1, -0.05) is 6.07 Å². The fourth-order valence-electron chi connectivity index (χ4n) is 1.94. The Bertz CT molecular complexity index is 823. The number of ether oxygens (including phenoxy) is 1. The molecule has 0 saturated heterocycles. The molecule has 6 nitrogen and oxygen atoms in total. The molecule has 0 atom stereocenters. The highest BCUT2D eigenvalue weighted by Gasteiger charge is 2.19. The Kier molecular flexibility index (Phi) is 5.07. The number of hydrogen-bond acceptors (Lipinski definition) is 7. The van der Waals surface area contributed by atoms with Crippen LogP contribution >= 0.6 is 22.7 Å². The highest BCUT2D eigenvalue weighted by atomic mass is 32.1. The summed E-state index contributed by atoms with van der Waals surface area (Å²) in [5.74, 6) is -0.375. The van der Waals surface area contributed by atoms with Gasteiger partial charge >= 0.3 is 5.97 Å². The molecule has 24 heavy (non-hydrogen) atoms. The van der Waals surface area contributed by atoms with Gasteiger partial charge in [-0.3, -0.25) is 4.79 Å². The molecule has 0 aromatic carbocycles. The van der Waals surface area contributed by atoms with E-state index in [-0.39, 0.29) is 18.2 Å². The molecule has 3 rings (SSSR count). The highest BCUT2D eigenvalue weighted by molar-refractivity contribution is 7.15. The van der Waals surface area contributed by atoms with Crippen LogP contribution in [0.4, 0.5) is 0 Å². The fraction of sp³-hybridized carbons (Fsp3) is 0.188.